The predicted octanol–water partition coefficient (Wildman–Crippen LogP) is 0.737. The summed E-state index contributed by atoms with van der Waals surface area (Å²) in [7, 11) is 0. The van der Waals surface area contributed by atoms with Crippen LogP contribution in [0, 0.1) is 0 Å². The number of rotatable bonds is 3. The Morgan fingerprint density at radius 1 is 1.50 bits per heavy atom. The summed E-state index contributed by atoms with van der Waals surface area (Å²) in [6.07, 6.45) is 0.106. The number of carboxylic acids is 1. The number of benzene rings is 1. The van der Waals surface area contributed by atoms with Crippen LogP contribution < -0.4 is 5.73 Å². The van der Waals surface area contributed by atoms with Crippen LogP contribution in [0.4, 0.5) is 0 Å². The molecule has 0 saturated heterocycles. The van der Waals surface area contributed by atoms with Gasteiger partial charge in [-0.2, -0.15) is 0 Å². The SMILES string of the molecule is C[C@@](N)(Cc1ccccc1O)C(=O)O. The third kappa shape index (κ3) is 2.23. The first kappa shape index (κ1) is 10.5. The molecule has 0 aromatic heterocycles. The van der Waals surface area contributed by atoms with Crippen molar-refractivity contribution in [1.29, 1.82) is 0 Å². The first-order chi connectivity index (χ1) is 6.43. The van der Waals surface area contributed by atoms with Gasteiger partial charge in [-0.05, 0) is 18.6 Å². The molecule has 0 radical (unpaired) electrons. The van der Waals surface area contributed by atoms with E-state index < -0.39 is 11.5 Å². The molecule has 4 nitrogen and oxygen atoms in total. The van der Waals surface area contributed by atoms with Gasteiger partial charge in [-0.3, -0.25) is 4.79 Å². The molecular weight excluding hydrogens is 182 g/mol. The maximum atomic E-state index is 10.7. The Labute approximate surface area is 82.0 Å². The summed E-state index contributed by atoms with van der Waals surface area (Å²) in [6, 6.07) is 6.57. The zero-order valence-electron chi connectivity index (χ0n) is 7.90. The Hall–Kier alpha value is -1.55. The van der Waals surface area contributed by atoms with E-state index in [-0.39, 0.29) is 12.2 Å². The fourth-order valence-electron chi connectivity index (χ4n) is 1.13. The molecule has 0 aliphatic heterocycles. The van der Waals surface area contributed by atoms with Crippen molar-refractivity contribution < 1.29 is 15.0 Å². The number of carboxylic acid groups (broad SMARTS) is 1. The Kier molecular flexibility index (Phi) is 2.76. The number of para-hydroxylation sites is 1. The van der Waals surface area contributed by atoms with Gasteiger partial charge in [0.05, 0.1) is 0 Å². The minimum Gasteiger partial charge on any atom is -0.508 e. The minimum atomic E-state index is -1.35. The van der Waals surface area contributed by atoms with Crippen molar-refractivity contribution in [1.82, 2.24) is 0 Å². The van der Waals surface area contributed by atoms with Crippen LogP contribution in [-0.4, -0.2) is 21.7 Å². The molecule has 1 rings (SSSR count). The molecule has 1 aromatic carbocycles. The lowest BCUT2D eigenvalue weighted by atomic mass is 9.94. The number of phenols is 1. The van der Waals surface area contributed by atoms with Crippen LogP contribution in [0.15, 0.2) is 24.3 Å². The molecule has 0 spiro atoms. The highest BCUT2D eigenvalue weighted by Crippen LogP contribution is 2.20. The average Bonchev–Trinajstić information content (AvgIpc) is 2.08. The van der Waals surface area contributed by atoms with Gasteiger partial charge in [-0.1, -0.05) is 18.2 Å². The smallest absolute Gasteiger partial charge is 0.323 e. The number of phenolic OH excluding ortho intramolecular Hbond substituents is 1. The highest BCUT2D eigenvalue weighted by molar-refractivity contribution is 5.78. The molecule has 0 unspecified atom stereocenters. The van der Waals surface area contributed by atoms with Crippen LogP contribution in [-0.2, 0) is 11.2 Å². The molecule has 1 aromatic rings. The van der Waals surface area contributed by atoms with Crippen LogP contribution >= 0.6 is 0 Å². The molecular formula is C10H13NO3. The standard InChI is InChI=1S/C10H13NO3/c1-10(11,9(13)14)6-7-4-2-3-5-8(7)12/h2-5,12H,6,11H2,1H3,(H,13,14)/t10-/m1/s1. The molecule has 0 aliphatic rings. The molecule has 0 bridgehead atoms. The molecule has 0 fully saturated rings. The van der Waals surface area contributed by atoms with Crippen LogP contribution in [0.5, 0.6) is 5.75 Å². The van der Waals surface area contributed by atoms with E-state index in [0.29, 0.717) is 5.56 Å². The van der Waals surface area contributed by atoms with Crippen molar-refractivity contribution in [3.8, 4) is 5.75 Å². The van der Waals surface area contributed by atoms with Crippen molar-refractivity contribution in [2.75, 3.05) is 0 Å². The summed E-state index contributed by atoms with van der Waals surface area (Å²) < 4.78 is 0. The highest BCUT2D eigenvalue weighted by atomic mass is 16.4. The fourth-order valence-corrected chi connectivity index (χ4v) is 1.13. The van der Waals surface area contributed by atoms with Crippen molar-refractivity contribution in [3.05, 3.63) is 29.8 Å². The number of carbonyl (C=O) groups is 1. The third-order valence-corrected chi connectivity index (χ3v) is 2.04. The Balaban J connectivity index is 2.89. The van der Waals surface area contributed by atoms with E-state index in [1.165, 1.54) is 13.0 Å². The van der Waals surface area contributed by atoms with Crippen LogP contribution in [0.2, 0.25) is 0 Å². The Morgan fingerprint density at radius 2 is 2.07 bits per heavy atom. The van der Waals surface area contributed by atoms with Gasteiger partial charge in [0.2, 0.25) is 0 Å². The molecule has 76 valence electrons. The van der Waals surface area contributed by atoms with Crippen molar-refractivity contribution in [2.24, 2.45) is 5.73 Å². The van der Waals surface area contributed by atoms with Gasteiger partial charge in [-0.15, -0.1) is 0 Å². The number of aliphatic carboxylic acids is 1. The second kappa shape index (κ2) is 3.67. The minimum absolute atomic E-state index is 0.0745. The summed E-state index contributed by atoms with van der Waals surface area (Å²) in [5.41, 5.74) is 4.74. The van der Waals surface area contributed by atoms with Crippen molar-refractivity contribution in [3.63, 3.8) is 0 Å². The van der Waals surface area contributed by atoms with E-state index >= 15 is 0 Å². The molecule has 0 heterocycles. The number of hydrogen-bond donors (Lipinski definition) is 3. The molecule has 1 atom stereocenters. The van der Waals surface area contributed by atoms with E-state index in [0.717, 1.165) is 0 Å². The lowest BCUT2D eigenvalue weighted by Gasteiger charge is -2.19. The zero-order chi connectivity index (χ0) is 10.8. The van der Waals surface area contributed by atoms with E-state index in [1.54, 1.807) is 18.2 Å². The van der Waals surface area contributed by atoms with Gasteiger partial charge in [0.1, 0.15) is 11.3 Å². The van der Waals surface area contributed by atoms with Gasteiger partial charge in [0.25, 0.3) is 0 Å². The number of nitrogens with two attached hydrogens (primary N) is 1. The monoisotopic (exact) mass is 195 g/mol. The highest BCUT2D eigenvalue weighted by Gasteiger charge is 2.28. The van der Waals surface area contributed by atoms with E-state index in [1.807, 2.05) is 0 Å². The van der Waals surface area contributed by atoms with Gasteiger partial charge in [-0.25, -0.2) is 0 Å². The molecule has 4 heteroatoms. The molecule has 0 saturated carbocycles. The van der Waals surface area contributed by atoms with Crippen molar-refractivity contribution >= 4 is 5.97 Å². The van der Waals surface area contributed by atoms with Crippen LogP contribution in [0.3, 0.4) is 0 Å². The van der Waals surface area contributed by atoms with Crippen molar-refractivity contribution in [2.45, 2.75) is 18.9 Å². The van der Waals surface area contributed by atoms with E-state index in [9.17, 15) is 9.90 Å². The fraction of sp³-hybridized carbons (Fsp3) is 0.300. The van der Waals surface area contributed by atoms with E-state index in [2.05, 4.69) is 0 Å². The van der Waals surface area contributed by atoms with Gasteiger partial charge >= 0.3 is 5.97 Å². The molecule has 14 heavy (non-hydrogen) atoms. The van der Waals surface area contributed by atoms with E-state index in [4.69, 9.17) is 10.8 Å². The Morgan fingerprint density at radius 3 is 2.57 bits per heavy atom. The summed E-state index contributed by atoms with van der Waals surface area (Å²) in [4.78, 5) is 10.7. The molecule has 0 aliphatic carbocycles. The average molecular weight is 195 g/mol. The maximum Gasteiger partial charge on any atom is 0.323 e. The Bertz CT molecular complexity index is 347. The normalized spacial score (nSPS) is 14.7. The van der Waals surface area contributed by atoms with Crippen LogP contribution in [0.1, 0.15) is 12.5 Å². The molecule has 0 amide bonds. The number of hydrogen-bond acceptors (Lipinski definition) is 3. The summed E-state index contributed by atoms with van der Waals surface area (Å²) >= 11 is 0. The quantitative estimate of drug-likeness (QED) is 0.664. The van der Waals surface area contributed by atoms with Gasteiger partial charge in [0.15, 0.2) is 0 Å². The first-order valence-electron chi connectivity index (χ1n) is 4.22. The molecule has 4 N–H and O–H groups in total. The van der Waals surface area contributed by atoms with Gasteiger partial charge < -0.3 is 15.9 Å². The second-order valence-electron chi connectivity index (χ2n) is 3.53. The summed E-state index contributed by atoms with van der Waals surface area (Å²) in [5, 5.41) is 18.2. The third-order valence-electron chi connectivity index (χ3n) is 2.04. The van der Waals surface area contributed by atoms with Crippen LogP contribution in [0.25, 0.3) is 0 Å². The first-order valence-corrected chi connectivity index (χ1v) is 4.22. The number of aromatic hydroxyl groups is 1. The predicted molar refractivity (Wildman–Crippen MR) is 52.0 cm³/mol. The maximum absolute atomic E-state index is 10.7. The largest absolute Gasteiger partial charge is 0.508 e. The summed E-state index contributed by atoms with van der Waals surface area (Å²) in [6.45, 7) is 1.42. The lowest BCUT2D eigenvalue weighted by molar-refractivity contribution is -0.142. The lowest BCUT2D eigenvalue weighted by Crippen LogP contribution is -2.46. The topological polar surface area (TPSA) is 83.5 Å². The second-order valence-corrected chi connectivity index (χ2v) is 3.53. The summed E-state index contributed by atoms with van der Waals surface area (Å²) in [5.74, 6) is -1.01. The van der Waals surface area contributed by atoms with Gasteiger partial charge in [0, 0.05) is 6.42 Å². The zero-order valence-corrected chi connectivity index (χ0v) is 7.90.